The molecule has 1 aromatic heterocycles. The first-order chi connectivity index (χ1) is 8.82. The molecule has 104 valence electrons. The number of hydrogen-bond donors (Lipinski definition) is 2. The number of hydrogen-bond acceptors (Lipinski definition) is 5. The molecule has 0 bridgehead atoms. The smallest absolute Gasteiger partial charge is 0.340 e. The van der Waals surface area contributed by atoms with Crippen LogP contribution in [-0.2, 0) is 10.0 Å². The van der Waals surface area contributed by atoms with Crippen molar-refractivity contribution in [1.29, 1.82) is 5.26 Å². The highest BCUT2D eigenvalue weighted by Gasteiger charge is 2.32. The summed E-state index contributed by atoms with van der Waals surface area (Å²) in [6.45, 7) is 3.28. The summed E-state index contributed by atoms with van der Waals surface area (Å²) in [5.74, 6) is -1.38. The first-order valence-electron chi connectivity index (χ1n) is 5.47. The number of nitriles is 1. The minimum Gasteiger partial charge on any atom is -0.478 e. The van der Waals surface area contributed by atoms with E-state index in [0.717, 1.165) is 10.5 Å². The highest BCUT2D eigenvalue weighted by Crippen LogP contribution is 2.20. The Morgan fingerprint density at radius 3 is 2.74 bits per heavy atom. The highest BCUT2D eigenvalue weighted by atomic mass is 32.2. The molecule has 0 saturated carbocycles. The normalized spacial score (nSPS) is 11.7. The van der Waals surface area contributed by atoms with Gasteiger partial charge < -0.3 is 5.11 Å². The first kappa shape index (κ1) is 15.1. The Kier molecular flexibility index (Phi) is 4.63. The van der Waals surface area contributed by atoms with Crippen molar-refractivity contribution in [2.24, 2.45) is 0 Å². The maximum atomic E-state index is 12.3. The van der Waals surface area contributed by atoms with Crippen LogP contribution in [0, 0.1) is 11.3 Å². The monoisotopic (exact) mass is 286 g/mol. The second-order valence-electron chi connectivity index (χ2n) is 4.04. The number of nitrogens with one attached hydrogen (secondary N) is 1. The van der Waals surface area contributed by atoms with Gasteiger partial charge in [0.2, 0.25) is 0 Å². The fraction of sp³-hybridized carbons (Fsp3) is 0.500. The standard InChI is InChI=1S/C10H14N4O4S/c1-7(2)14(5-3-4-11)19(17,18)9-8(10(15)16)6-12-13-9/h6-7H,3,5H2,1-2H3,(H,12,13)(H,15,16). The predicted octanol–water partition coefficient (Wildman–Crippen LogP) is 0.421. The Labute approximate surface area is 110 Å². The van der Waals surface area contributed by atoms with Crippen molar-refractivity contribution in [2.45, 2.75) is 31.3 Å². The van der Waals surface area contributed by atoms with Gasteiger partial charge in [0.15, 0.2) is 5.03 Å². The summed E-state index contributed by atoms with van der Waals surface area (Å²) in [6, 6.07) is 1.46. The van der Waals surface area contributed by atoms with E-state index in [1.165, 1.54) is 0 Å². The second kappa shape index (κ2) is 5.81. The zero-order valence-corrected chi connectivity index (χ0v) is 11.3. The number of carboxylic acids is 1. The molecule has 0 saturated heterocycles. The molecular weight excluding hydrogens is 272 g/mol. The largest absolute Gasteiger partial charge is 0.478 e. The zero-order valence-electron chi connectivity index (χ0n) is 10.5. The van der Waals surface area contributed by atoms with E-state index >= 15 is 0 Å². The molecular formula is C10H14N4O4S. The van der Waals surface area contributed by atoms with Crippen molar-refractivity contribution < 1.29 is 18.3 Å². The number of carboxylic acid groups (broad SMARTS) is 1. The van der Waals surface area contributed by atoms with Gasteiger partial charge in [-0.2, -0.15) is 14.7 Å². The molecule has 0 aromatic carbocycles. The maximum Gasteiger partial charge on any atom is 0.340 e. The van der Waals surface area contributed by atoms with Gasteiger partial charge in [0.1, 0.15) is 5.56 Å². The van der Waals surface area contributed by atoms with Gasteiger partial charge in [-0.1, -0.05) is 0 Å². The summed E-state index contributed by atoms with van der Waals surface area (Å²) in [7, 11) is -4.02. The summed E-state index contributed by atoms with van der Waals surface area (Å²) in [4.78, 5) is 10.9. The van der Waals surface area contributed by atoms with E-state index in [1.54, 1.807) is 13.8 Å². The summed E-state index contributed by atoms with van der Waals surface area (Å²) < 4.78 is 25.8. The predicted molar refractivity (Wildman–Crippen MR) is 64.8 cm³/mol. The van der Waals surface area contributed by atoms with E-state index in [0.29, 0.717) is 0 Å². The molecule has 2 N–H and O–H groups in total. The topological polar surface area (TPSA) is 127 Å². The molecule has 0 unspecified atom stereocenters. The SMILES string of the molecule is CC(C)N(CCC#N)S(=O)(=O)c1[nH]ncc1C(=O)O. The molecule has 19 heavy (non-hydrogen) atoms. The van der Waals surface area contributed by atoms with Gasteiger partial charge in [-0.05, 0) is 13.8 Å². The van der Waals surface area contributed by atoms with Crippen molar-refractivity contribution in [1.82, 2.24) is 14.5 Å². The molecule has 1 heterocycles. The number of H-pyrrole nitrogens is 1. The minimum absolute atomic E-state index is 0.00538. The number of carbonyl (C=O) groups is 1. The Balaban J connectivity index is 3.24. The number of rotatable bonds is 6. The fourth-order valence-electron chi connectivity index (χ4n) is 1.56. The van der Waals surface area contributed by atoms with Crippen molar-refractivity contribution in [2.75, 3.05) is 6.54 Å². The van der Waals surface area contributed by atoms with Crippen molar-refractivity contribution in [3.05, 3.63) is 11.8 Å². The summed E-state index contributed by atoms with van der Waals surface area (Å²) in [6.07, 6.45) is 0.964. The second-order valence-corrected chi connectivity index (χ2v) is 5.86. The molecule has 0 aliphatic carbocycles. The van der Waals surface area contributed by atoms with Crippen LogP contribution in [0.2, 0.25) is 0 Å². The lowest BCUT2D eigenvalue weighted by Crippen LogP contribution is -2.38. The molecule has 1 aromatic rings. The van der Waals surface area contributed by atoms with Gasteiger partial charge in [-0.25, -0.2) is 13.2 Å². The van der Waals surface area contributed by atoms with Crippen LogP contribution in [0.15, 0.2) is 11.2 Å². The van der Waals surface area contributed by atoms with Crippen LogP contribution >= 0.6 is 0 Å². The molecule has 1 rings (SSSR count). The van der Waals surface area contributed by atoms with E-state index < -0.39 is 32.6 Å². The molecule has 0 amide bonds. The maximum absolute atomic E-state index is 12.3. The minimum atomic E-state index is -4.02. The molecule has 0 aliphatic heterocycles. The van der Waals surface area contributed by atoms with Gasteiger partial charge in [-0.15, -0.1) is 0 Å². The molecule has 0 radical (unpaired) electrons. The lowest BCUT2D eigenvalue weighted by atomic mass is 10.3. The Morgan fingerprint density at radius 1 is 1.63 bits per heavy atom. The van der Waals surface area contributed by atoms with Crippen LogP contribution < -0.4 is 0 Å². The van der Waals surface area contributed by atoms with E-state index in [4.69, 9.17) is 10.4 Å². The molecule has 9 heteroatoms. The molecule has 0 aliphatic rings. The zero-order chi connectivity index (χ0) is 14.6. The lowest BCUT2D eigenvalue weighted by molar-refractivity contribution is 0.0692. The molecule has 8 nitrogen and oxygen atoms in total. The van der Waals surface area contributed by atoms with Crippen LogP contribution in [-0.4, -0.2) is 46.6 Å². The van der Waals surface area contributed by atoms with Crippen molar-refractivity contribution in [3.8, 4) is 6.07 Å². The van der Waals surface area contributed by atoms with E-state index in [9.17, 15) is 13.2 Å². The Bertz CT molecular complexity index is 599. The molecule has 0 fully saturated rings. The molecule has 0 atom stereocenters. The van der Waals surface area contributed by atoms with Gasteiger partial charge in [0.25, 0.3) is 10.0 Å². The van der Waals surface area contributed by atoms with Crippen LogP contribution in [0.1, 0.15) is 30.6 Å². The third-order valence-electron chi connectivity index (χ3n) is 2.42. The number of aromatic carboxylic acids is 1. The Hall–Kier alpha value is -1.92. The molecule has 0 spiro atoms. The van der Waals surface area contributed by atoms with Crippen molar-refractivity contribution >= 4 is 16.0 Å². The summed E-state index contributed by atoms with van der Waals surface area (Å²) >= 11 is 0. The van der Waals surface area contributed by atoms with Gasteiger partial charge in [0.05, 0.1) is 12.3 Å². The third-order valence-corrected chi connectivity index (χ3v) is 4.47. The van der Waals surface area contributed by atoms with Crippen LogP contribution in [0.4, 0.5) is 0 Å². The van der Waals surface area contributed by atoms with E-state index in [2.05, 4.69) is 10.2 Å². The average Bonchev–Trinajstić information content (AvgIpc) is 2.78. The van der Waals surface area contributed by atoms with Crippen molar-refractivity contribution in [3.63, 3.8) is 0 Å². The number of sulfonamides is 1. The van der Waals surface area contributed by atoms with Crippen LogP contribution in [0.5, 0.6) is 0 Å². The van der Waals surface area contributed by atoms with Gasteiger partial charge >= 0.3 is 5.97 Å². The van der Waals surface area contributed by atoms with Crippen LogP contribution in [0.25, 0.3) is 0 Å². The number of nitrogens with zero attached hydrogens (tertiary/aromatic N) is 3. The van der Waals surface area contributed by atoms with E-state index in [1.807, 2.05) is 6.07 Å². The summed E-state index contributed by atoms with van der Waals surface area (Å²) in [5, 5.41) is 22.7. The number of aromatic amines is 1. The van der Waals surface area contributed by atoms with E-state index in [-0.39, 0.29) is 13.0 Å². The third kappa shape index (κ3) is 3.10. The Morgan fingerprint density at radius 2 is 2.26 bits per heavy atom. The highest BCUT2D eigenvalue weighted by molar-refractivity contribution is 7.89. The quantitative estimate of drug-likeness (QED) is 0.780. The average molecular weight is 286 g/mol. The first-order valence-corrected chi connectivity index (χ1v) is 6.91. The van der Waals surface area contributed by atoms with Crippen LogP contribution in [0.3, 0.4) is 0 Å². The fourth-order valence-corrected chi connectivity index (χ4v) is 3.26. The van der Waals surface area contributed by atoms with Gasteiger partial charge in [0, 0.05) is 19.0 Å². The summed E-state index contributed by atoms with van der Waals surface area (Å²) in [5.41, 5.74) is -0.414. The lowest BCUT2D eigenvalue weighted by Gasteiger charge is -2.24. The van der Waals surface area contributed by atoms with Gasteiger partial charge in [-0.3, -0.25) is 5.10 Å². The number of aromatic nitrogens is 2.